The number of nitrogens with two attached hydrogens (primary N) is 1. The van der Waals surface area contributed by atoms with E-state index in [1.807, 2.05) is 0 Å². The van der Waals surface area contributed by atoms with Gasteiger partial charge in [-0.2, -0.15) is 0 Å². The Labute approximate surface area is 120 Å². The molecule has 3 rings (SSSR count). The molecule has 0 spiro atoms. The van der Waals surface area contributed by atoms with Crippen molar-refractivity contribution in [2.45, 2.75) is 33.2 Å². The molecule has 2 heteroatoms. The Kier molecular flexibility index (Phi) is 3.27. The zero-order chi connectivity index (χ0) is 14.3. The van der Waals surface area contributed by atoms with Gasteiger partial charge in [0.2, 0.25) is 0 Å². The summed E-state index contributed by atoms with van der Waals surface area (Å²) in [6.07, 6.45) is 0.988. The highest BCUT2D eigenvalue weighted by Gasteiger charge is 2.22. The summed E-state index contributed by atoms with van der Waals surface area (Å²) in [5.74, 6) is 0.999. The lowest BCUT2D eigenvalue weighted by Crippen LogP contribution is -2.16. The third kappa shape index (κ3) is 2.10. The van der Waals surface area contributed by atoms with E-state index in [-0.39, 0.29) is 6.04 Å². The fourth-order valence-electron chi connectivity index (χ4n) is 3.32. The molecule has 1 heterocycles. The van der Waals surface area contributed by atoms with Crippen LogP contribution in [0.2, 0.25) is 0 Å². The van der Waals surface area contributed by atoms with Gasteiger partial charge in [-0.15, -0.1) is 0 Å². The van der Waals surface area contributed by atoms with E-state index in [2.05, 4.69) is 51.1 Å². The number of fused-ring (bicyclic) bond motifs is 1. The summed E-state index contributed by atoms with van der Waals surface area (Å²) in [6.45, 7) is 7.17. The van der Waals surface area contributed by atoms with Crippen LogP contribution in [0, 0.1) is 20.8 Å². The van der Waals surface area contributed by atoms with Crippen LogP contribution in [0.15, 0.2) is 30.3 Å². The van der Waals surface area contributed by atoms with Gasteiger partial charge in [0.1, 0.15) is 5.75 Å². The van der Waals surface area contributed by atoms with Gasteiger partial charge in [0.15, 0.2) is 0 Å². The van der Waals surface area contributed by atoms with Gasteiger partial charge in [0, 0.05) is 12.0 Å². The number of aryl methyl sites for hydroxylation is 3. The molecular formula is C18H21NO. The summed E-state index contributed by atoms with van der Waals surface area (Å²) in [6, 6.07) is 10.6. The minimum absolute atomic E-state index is 0.122. The minimum atomic E-state index is -0.122. The SMILES string of the molecule is Cc1cc(C)c(C(N)c2cccc3c2OCC3)c(C)c1. The second kappa shape index (κ2) is 4.95. The normalized spacial score (nSPS) is 14.8. The summed E-state index contributed by atoms with van der Waals surface area (Å²) in [5, 5.41) is 0. The molecule has 0 radical (unpaired) electrons. The van der Waals surface area contributed by atoms with Gasteiger partial charge < -0.3 is 10.5 Å². The molecule has 0 amide bonds. The first-order chi connectivity index (χ1) is 9.58. The molecule has 1 aliphatic rings. The number of benzene rings is 2. The number of hydrogen-bond donors (Lipinski definition) is 1. The molecule has 2 N–H and O–H groups in total. The maximum atomic E-state index is 6.56. The van der Waals surface area contributed by atoms with Crippen LogP contribution in [0.25, 0.3) is 0 Å². The topological polar surface area (TPSA) is 35.2 Å². The highest BCUT2D eigenvalue weighted by molar-refractivity contribution is 5.51. The van der Waals surface area contributed by atoms with E-state index in [9.17, 15) is 0 Å². The van der Waals surface area contributed by atoms with Crippen LogP contribution in [0.4, 0.5) is 0 Å². The van der Waals surface area contributed by atoms with E-state index >= 15 is 0 Å². The standard InChI is InChI=1S/C18H21NO/c1-11-9-12(2)16(13(3)10-11)17(19)15-6-4-5-14-7-8-20-18(14)15/h4-6,9-10,17H,7-8,19H2,1-3H3. The molecule has 0 fully saturated rings. The number of para-hydroxylation sites is 1. The maximum Gasteiger partial charge on any atom is 0.127 e. The molecule has 0 saturated heterocycles. The van der Waals surface area contributed by atoms with Crippen molar-refractivity contribution in [2.24, 2.45) is 5.73 Å². The van der Waals surface area contributed by atoms with E-state index in [1.54, 1.807) is 0 Å². The second-order valence-corrected chi connectivity index (χ2v) is 5.72. The molecule has 0 bridgehead atoms. The molecule has 20 heavy (non-hydrogen) atoms. The largest absolute Gasteiger partial charge is 0.493 e. The Balaban J connectivity index is 2.10. The van der Waals surface area contributed by atoms with Crippen molar-refractivity contribution in [1.82, 2.24) is 0 Å². The lowest BCUT2D eigenvalue weighted by molar-refractivity contribution is 0.352. The van der Waals surface area contributed by atoms with Gasteiger partial charge in [-0.1, -0.05) is 35.9 Å². The van der Waals surface area contributed by atoms with E-state index in [1.165, 1.54) is 27.8 Å². The Morgan fingerprint density at radius 1 is 1.10 bits per heavy atom. The van der Waals surface area contributed by atoms with Gasteiger partial charge in [0.25, 0.3) is 0 Å². The van der Waals surface area contributed by atoms with Crippen LogP contribution >= 0.6 is 0 Å². The molecule has 0 saturated carbocycles. The second-order valence-electron chi connectivity index (χ2n) is 5.72. The molecule has 0 aromatic heterocycles. The molecule has 1 atom stereocenters. The maximum absolute atomic E-state index is 6.56. The predicted octanol–water partition coefficient (Wildman–Crippen LogP) is 3.59. The average Bonchev–Trinajstić information content (AvgIpc) is 2.85. The Morgan fingerprint density at radius 2 is 1.80 bits per heavy atom. The third-order valence-electron chi connectivity index (χ3n) is 4.13. The average molecular weight is 267 g/mol. The van der Waals surface area contributed by atoms with E-state index in [4.69, 9.17) is 10.5 Å². The van der Waals surface area contributed by atoms with Crippen LogP contribution < -0.4 is 10.5 Å². The minimum Gasteiger partial charge on any atom is -0.493 e. The van der Waals surface area contributed by atoms with Crippen LogP contribution in [-0.4, -0.2) is 6.61 Å². The fourth-order valence-corrected chi connectivity index (χ4v) is 3.32. The zero-order valence-corrected chi connectivity index (χ0v) is 12.4. The Hall–Kier alpha value is -1.80. The smallest absolute Gasteiger partial charge is 0.127 e. The van der Waals surface area contributed by atoms with Crippen LogP contribution in [-0.2, 0) is 6.42 Å². The monoisotopic (exact) mass is 267 g/mol. The van der Waals surface area contributed by atoms with Crippen molar-refractivity contribution in [3.05, 3.63) is 63.7 Å². The molecule has 104 valence electrons. The van der Waals surface area contributed by atoms with E-state index in [0.29, 0.717) is 0 Å². The van der Waals surface area contributed by atoms with Gasteiger partial charge in [-0.05, 0) is 43.0 Å². The number of rotatable bonds is 2. The highest BCUT2D eigenvalue weighted by Crippen LogP contribution is 2.36. The first kappa shape index (κ1) is 13.2. The van der Waals surface area contributed by atoms with Crippen LogP contribution in [0.1, 0.15) is 39.4 Å². The number of hydrogen-bond acceptors (Lipinski definition) is 2. The molecule has 1 unspecified atom stereocenters. The first-order valence-corrected chi connectivity index (χ1v) is 7.16. The van der Waals surface area contributed by atoms with Crippen LogP contribution in [0.5, 0.6) is 5.75 Å². The van der Waals surface area contributed by atoms with Gasteiger partial charge in [-0.3, -0.25) is 0 Å². The highest BCUT2D eigenvalue weighted by atomic mass is 16.5. The van der Waals surface area contributed by atoms with Crippen molar-refractivity contribution in [2.75, 3.05) is 6.61 Å². The molecule has 0 aliphatic carbocycles. The molecule has 1 aliphatic heterocycles. The van der Waals surface area contributed by atoms with Crippen molar-refractivity contribution in [1.29, 1.82) is 0 Å². The van der Waals surface area contributed by atoms with Crippen molar-refractivity contribution in [3.8, 4) is 5.75 Å². The van der Waals surface area contributed by atoms with Crippen LogP contribution in [0.3, 0.4) is 0 Å². The zero-order valence-electron chi connectivity index (χ0n) is 12.4. The lowest BCUT2D eigenvalue weighted by atomic mass is 9.89. The third-order valence-corrected chi connectivity index (χ3v) is 4.13. The van der Waals surface area contributed by atoms with Crippen molar-refractivity contribution in [3.63, 3.8) is 0 Å². The van der Waals surface area contributed by atoms with Gasteiger partial charge >= 0.3 is 0 Å². The molecular weight excluding hydrogens is 246 g/mol. The summed E-state index contributed by atoms with van der Waals surface area (Å²) in [7, 11) is 0. The summed E-state index contributed by atoms with van der Waals surface area (Å²) < 4.78 is 5.80. The predicted molar refractivity (Wildman–Crippen MR) is 82.3 cm³/mol. The van der Waals surface area contributed by atoms with E-state index in [0.717, 1.165) is 24.3 Å². The van der Waals surface area contributed by atoms with Gasteiger partial charge in [0.05, 0.1) is 12.6 Å². The summed E-state index contributed by atoms with van der Waals surface area (Å²) in [4.78, 5) is 0. The fraction of sp³-hybridized carbons (Fsp3) is 0.333. The van der Waals surface area contributed by atoms with Crippen molar-refractivity contribution < 1.29 is 4.74 Å². The lowest BCUT2D eigenvalue weighted by Gasteiger charge is -2.20. The number of ether oxygens (including phenoxy) is 1. The molecule has 2 aromatic carbocycles. The summed E-state index contributed by atoms with van der Waals surface area (Å²) in [5.41, 5.74) is 14.0. The summed E-state index contributed by atoms with van der Waals surface area (Å²) >= 11 is 0. The van der Waals surface area contributed by atoms with E-state index < -0.39 is 0 Å². The first-order valence-electron chi connectivity index (χ1n) is 7.16. The van der Waals surface area contributed by atoms with Crippen molar-refractivity contribution >= 4 is 0 Å². The molecule has 2 nitrogen and oxygen atoms in total. The van der Waals surface area contributed by atoms with Gasteiger partial charge in [-0.25, -0.2) is 0 Å². The molecule has 2 aromatic rings. The Bertz CT molecular complexity index is 637. The quantitative estimate of drug-likeness (QED) is 0.902. The Morgan fingerprint density at radius 3 is 2.50 bits per heavy atom.